The van der Waals surface area contributed by atoms with E-state index >= 15 is 0 Å². The molecule has 26 heavy (non-hydrogen) atoms. The molecular formula is C20H31N3O2S. The summed E-state index contributed by atoms with van der Waals surface area (Å²) in [5.74, 6) is 0.328. The van der Waals surface area contributed by atoms with Gasteiger partial charge in [0, 0.05) is 38.5 Å². The molecular weight excluding hydrogens is 346 g/mol. The summed E-state index contributed by atoms with van der Waals surface area (Å²) in [4.78, 5) is 28.5. The van der Waals surface area contributed by atoms with E-state index in [1.165, 1.54) is 5.56 Å². The van der Waals surface area contributed by atoms with Gasteiger partial charge in [-0.25, -0.2) is 0 Å². The van der Waals surface area contributed by atoms with Gasteiger partial charge in [0.2, 0.25) is 11.8 Å². The average molecular weight is 378 g/mol. The molecule has 2 heterocycles. The number of thiophene rings is 1. The Hall–Kier alpha value is -1.40. The molecule has 2 aliphatic rings. The minimum atomic E-state index is 0.142. The highest BCUT2D eigenvalue weighted by Crippen LogP contribution is 2.57. The Balaban J connectivity index is 1.47. The molecule has 1 unspecified atom stereocenters. The molecule has 1 N–H and O–H groups in total. The first-order valence-corrected chi connectivity index (χ1v) is 10.6. The maximum Gasteiger partial charge on any atom is 0.221 e. The Morgan fingerprint density at radius 1 is 1.38 bits per heavy atom. The van der Waals surface area contributed by atoms with Crippen molar-refractivity contribution in [3.63, 3.8) is 0 Å². The third-order valence-corrected chi connectivity index (χ3v) is 6.55. The second-order valence-electron chi connectivity index (χ2n) is 8.17. The number of hydrogen-bond donors (Lipinski definition) is 1. The molecule has 1 saturated carbocycles. The van der Waals surface area contributed by atoms with Crippen LogP contribution in [0, 0.1) is 5.41 Å². The van der Waals surface area contributed by atoms with Crippen LogP contribution in [0.5, 0.6) is 0 Å². The van der Waals surface area contributed by atoms with Crippen molar-refractivity contribution >= 4 is 23.2 Å². The van der Waals surface area contributed by atoms with E-state index in [0.717, 1.165) is 45.4 Å². The lowest BCUT2D eigenvalue weighted by Crippen LogP contribution is -2.41. The number of hydrogen-bond acceptors (Lipinski definition) is 4. The smallest absolute Gasteiger partial charge is 0.221 e. The number of carbonyl (C=O) groups is 2. The Morgan fingerprint density at radius 3 is 2.69 bits per heavy atom. The summed E-state index contributed by atoms with van der Waals surface area (Å²) in [6.45, 7) is 9.33. The molecule has 2 fully saturated rings. The molecule has 144 valence electrons. The quantitative estimate of drug-likeness (QED) is 0.795. The van der Waals surface area contributed by atoms with E-state index in [0.29, 0.717) is 17.9 Å². The van der Waals surface area contributed by atoms with Gasteiger partial charge >= 0.3 is 0 Å². The van der Waals surface area contributed by atoms with E-state index in [2.05, 4.69) is 31.9 Å². The van der Waals surface area contributed by atoms with Crippen LogP contribution in [-0.2, 0) is 16.1 Å². The third kappa shape index (κ3) is 4.65. The van der Waals surface area contributed by atoms with Crippen LogP contribution in [0.15, 0.2) is 16.8 Å². The topological polar surface area (TPSA) is 52.7 Å². The van der Waals surface area contributed by atoms with Gasteiger partial charge in [-0.15, -0.1) is 0 Å². The number of nitrogens with zero attached hydrogens (tertiary/aromatic N) is 2. The summed E-state index contributed by atoms with van der Waals surface area (Å²) in [6, 6.07) is 2.71. The predicted molar refractivity (Wildman–Crippen MR) is 105 cm³/mol. The number of amides is 2. The minimum absolute atomic E-state index is 0.142. The fourth-order valence-corrected chi connectivity index (χ4v) is 4.86. The molecule has 1 saturated heterocycles. The minimum Gasteiger partial charge on any atom is -0.354 e. The SMILES string of the molecule is CC(=O)N(Cc1ccsc1)C1CC12CCN(CCC(=O)NC(C)C)CC2. The van der Waals surface area contributed by atoms with E-state index in [4.69, 9.17) is 0 Å². The van der Waals surface area contributed by atoms with Crippen molar-refractivity contribution in [2.45, 2.75) is 65.1 Å². The second-order valence-corrected chi connectivity index (χ2v) is 8.95. The van der Waals surface area contributed by atoms with Gasteiger partial charge in [-0.2, -0.15) is 11.3 Å². The summed E-state index contributed by atoms with van der Waals surface area (Å²) in [6.07, 6.45) is 3.98. The fourth-order valence-electron chi connectivity index (χ4n) is 4.20. The molecule has 6 heteroatoms. The molecule has 5 nitrogen and oxygen atoms in total. The number of likely N-dealkylation sites (tertiary alicyclic amines) is 1. The second kappa shape index (κ2) is 8.09. The highest BCUT2D eigenvalue weighted by atomic mass is 32.1. The van der Waals surface area contributed by atoms with Crippen LogP contribution in [0.2, 0.25) is 0 Å². The lowest BCUT2D eigenvalue weighted by molar-refractivity contribution is -0.131. The molecule has 0 radical (unpaired) electrons. The van der Waals surface area contributed by atoms with Crippen molar-refractivity contribution in [1.29, 1.82) is 0 Å². The van der Waals surface area contributed by atoms with Crippen LogP contribution in [0.1, 0.15) is 52.0 Å². The molecule has 1 aliphatic heterocycles. The molecule has 2 amide bonds. The van der Waals surface area contributed by atoms with Gasteiger partial charge in [-0.3, -0.25) is 9.59 Å². The number of nitrogens with one attached hydrogen (secondary N) is 1. The van der Waals surface area contributed by atoms with E-state index < -0.39 is 0 Å². The zero-order chi connectivity index (χ0) is 18.7. The summed E-state index contributed by atoms with van der Waals surface area (Å²) >= 11 is 1.69. The number of carbonyl (C=O) groups excluding carboxylic acids is 2. The zero-order valence-electron chi connectivity index (χ0n) is 16.2. The fraction of sp³-hybridized carbons (Fsp3) is 0.700. The van der Waals surface area contributed by atoms with Crippen molar-refractivity contribution in [3.05, 3.63) is 22.4 Å². The summed E-state index contributed by atoms with van der Waals surface area (Å²) in [7, 11) is 0. The first-order chi connectivity index (χ1) is 12.4. The lowest BCUT2D eigenvalue weighted by Gasteiger charge is -2.34. The molecule has 1 aromatic rings. The van der Waals surface area contributed by atoms with Crippen molar-refractivity contribution in [2.75, 3.05) is 19.6 Å². The summed E-state index contributed by atoms with van der Waals surface area (Å²) in [5, 5.41) is 7.17. The van der Waals surface area contributed by atoms with E-state index in [9.17, 15) is 9.59 Å². The maximum atomic E-state index is 12.2. The van der Waals surface area contributed by atoms with E-state index in [1.807, 2.05) is 13.8 Å². The Labute approximate surface area is 160 Å². The van der Waals surface area contributed by atoms with Gasteiger partial charge in [0.15, 0.2) is 0 Å². The first kappa shape index (κ1) is 19.4. The van der Waals surface area contributed by atoms with Gasteiger partial charge in [0.25, 0.3) is 0 Å². The van der Waals surface area contributed by atoms with Crippen LogP contribution >= 0.6 is 11.3 Å². The van der Waals surface area contributed by atoms with Crippen LogP contribution in [0.3, 0.4) is 0 Å². The third-order valence-electron chi connectivity index (χ3n) is 5.82. The standard InChI is InChI=1S/C20H31N3O2S/c1-15(2)21-19(25)4-8-22-9-6-20(7-10-22)12-18(20)23(16(3)24)13-17-5-11-26-14-17/h5,11,14-15,18H,4,6-10,12-13H2,1-3H3,(H,21,25). The molecule has 1 spiro atoms. The molecule has 1 atom stereocenters. The molecule has 3 rings (SSSR count). The molecule has 0 aromatic carbocycles. The van der Waals surface area contributed by atoms with Crippen molar-refractivity contribution in [2.24, 2.45) is 5.41 Å². The Kier molecular flexibility index (Phi) is 6.03. The molecule has 1 aromatic heterocycles. The van der Waals surface area contributed by atoms with Gasteiger partial charge in [-0.1, -0.05) is 0 Å². The first-order valence-electron chi connectivity index (χ1n) is 9.70. The van der Waals surface area contributed by atoms with Crippen molar-refractivity contribution in [3.8, 4) is 0 Å². The summed E-state index contributed by atoms with van der Waals surface area (Å²) in [5.41, 5.74) is 1.55. The Bertz CT molecular complexity index is 621. The Morgan fingerprint density at radius 2 is 2.12 bits per heavy atom. The number of piperidine rings is 1. The maximum absolute atomic E-state index is 12.2. The monoisotopic (exact) mass is 377 g/mol. The lowest BCUT2D eigenvalue weighted by atomic mass is 9.92. The highest BCUT2D eigenvalue weighted by Gasteiger charge is 2.58. The highest BCUT2D eigenvalue weighted by molar-refractivity contribution is 7.07. The van der Waals surface area contributed by atoms with Crippen LogP contribution < -0.4 is 5.32 Å². The van der Waals surface area contributed by atoms with Gasteiger partial charge in [0.05, 0.1) is 0 Å². The van der Waals surface area contributed by atoms with Gasteiger partial charge in [0.1, 0.15) is 0 Å². The van der Waals surface area contributed by atoms with E-state index in [-0.39, 0.29) is 17.9 Å². The van der Waals surface area contributed by atoms with Crippen LogP contribution in [0.4, 0.5) is 0 Å². The zero-order valence-corrected chi connectivity index (χ0v) is 17.0. The number of rotatable bonds is 7. The molecule has 1 aliphatic carbocycles. The summed E-state index contributed by atoms with van der Waals surface area (Å²) < 4.78 is 0. The largest absolute Gasteiger partial charge is 0.354 e. The van der Waals surface area contributed by atoms with Crippen LogP contribution in [-0.4, -0.2) is 53.3 Å². The van der Waals surface area contributed by atoms with Crippen molar-refractivity contribution < 1.29 is 9.59 Å². The van der Waals surface area contributed by atoms with Gasteiger partial charge < -0.3 is 15.1 Å². The van der Waals surface area contributed by atoms with Crippen molar-refractivity contribution in [1.82, 2.24) is 15.1 Å². The predicted octanol–water partition coefficient (Wildman–Crippen LogP) is 2.87. The normalized spacial score (nSPS) is 21.8. The average Bonchev–Trinajstić information content (AvgIpc) is 3.02. The van der Waals surface area contributed by atoms with E-state index in [1.54, 1.807) is 18.3 Å². The van der Waals surface area contributed by atoms with Crippen LogP contribution in [0.25, 0.3) is 0 Å². The van der Waals surface area contributed by atoms with Gasteiger partial charge in [-0.05, 0) is 74.0 Å². The molecule has 0 bridgehead atoms.